The Morgan fingerprint density at radius 3 is 3.00 bits per heavy atom. The predicted molar refractivity (Wildman–Crippen MR) is 85.3 cm³/mol. The van der Waals surface area contributed by atoms with E-state index in [-0.39, 0.29) is 0 Å². The molecule has 0 saturated heterocycles. The Morgan fingerprint density at radius 2 is 2.30 bits per heavy atom. The van der Waals surface area contributed by atoms with Crippen molar-refractivity contribution >= 4 is 27.9 Å². The van der Waals surface area contributed by atoms with Crippen molar-refractivity contribution in [1.29, 1.82) is 0 Å². The van der Waals surface area contributed by atoms with Crippen molar-refractivity contribution < 1.29 is 0 Å². The van der Waals surface area contributed by atoms with Gasteiger partial charge in [0.15, 0.2) is 0 Å². The maximum absolute atomic E-state index is 4.32. The van der Waals surface area contributed by atoms with Gasteiger partial charge in [-0.05, 0) is 30.7 Å². The van der Waals surface area contributed by atoms with Crippen molar-refractivity contribution in [1.82, 2.24) is 14.5 Å². The molecule has 0 unspecified atom stereocenters. The predicted octanol–water partition coefficient (Wildman–Crippen LogP) is 3.59. The van der Waals surface area contributed by atoms with Crippen molar-refractivity contribution in [2.24, 2.45) is 0 Å². The third-order valence-electron chi connectivity index (χ3n) is 3.45. The monoisotopic (exact) mass is 308 g/mol. The number of aromatic nitrogens is 2. The lowest BCUT2D eigenvalue weighted by molar-refractivity contribution is 0.245. The van der Waals surface area contributed by atoms with Crippen LogP contribution in [0.5, 0.6) is 0 Å². The molecule has 0 aromatic carbocycles. The van der Waals surface area contributed by atoms with Crippen LogP contribution in [-0.4, -0.2) is 27.1 Å². The van der Waals surface area contributed by atoms with Crippen LogP contribution in [0.2, 0.25) is 0 Å². The standard InChI is InChI=1S/C14H20N4S2/c1-2-7-15-14-13(16-17-20-14)10-18(11-5-6-11)9-12-4-3-8-19-12/h3-4,8,11,15H,2,5-7,9-10H2,1H3. The molecular formula is C14H20N4S2. The Bertz CT molecular complexity index is 519. The molecule has 0 spiro atoms. The molecule has 0 aliphatic heterocycles. The Kier molecular flexibility index (Phi) is 4.65. The van der Waals surface area contributed by atoms with E-state index in [0.717, 1.165) is 42.8 Å². The summed E-state index contributed by atoms with van der Waals surface area (Å²) in [5.41, 5.74) is 1.10. The van der Waals surface area contributed by atoms with Crippen LogP contribution in [0.15, 0.2) is 17.5 Å². The lowest BCUT2D eigenvalue weighted by atomic mass is 10.3. The minimum atomic E-state index is 0.734. The van der Waals surface area contributed by atoms with E-state index < -0.39 is 0 Å². The number of thiophene rings is 1. The van der Waals surface area contributed by atoms with Gasteiger partial charge in [-0.15, -0.1) is 16.4 Å². The molecule has 20 heavy (non-hydrogen) atoms. The molecule has 2 aromatic rings. The first-order chi connectivity index (χ1) is 9.86. The molecule has 0 amide bonds. The second-order valence-corrected chi connectivity index (χ2v) is 6.98. The number of rotatable bonds is 8. The van der Waals surface area contributed by atoms with Gasteiger partial charge in [0.05, 0.1) is 0 Å². The molecule has 1 saturated carbocycles. The molecule has 2 aromatic heterocycles. The Labute approximate surface area is 128 Å². The van der Waals surface area contributed by atoms with Crippen molar-refractivity contribution in [3.05, 3.63) is 28.1 Å². The van der Waals surface area contributed by atoms with Gasteiger partial charge in [-0.2, -0.15) is 0 Å². The quantitative estimate of drug-likeness (QED) is 0.809. The van der Waals surface area contributed by atoms with Crippen LogP contribution in [0.1, 0.15) is 36.8 Å². The van der Waals surface area contributed by atoms with Gasteiger partial charge in [0.2, 0.25) is 0 Å². The fourth-order valence-corrected chi connectivity index (χ4v) is 3.56. The van der Waals surface area contributed by atoms with Crippen molar-refractivity contribution in [2.75, 3.05) is 11.9 Å². The lowest BCUT2D eigenvalue weighted by Gasteiger charge is -2.20. The first kappa shape index (κ1) is 14.0. The highest BCUT2D eigenvalue weighted by atomic mass is 32.1. The smallest absolute Gasteiger partial charge is 0.134 e. The highest BCUT2D eigenvalue weighted by molar-refractivity contribution is 7.10. The highest BCUT2D eigenvalue weighted by Gasteiger charge is 2.30. The zero-order chi connectivity index (χ0) is 13.8. The van der Waals surface area contributed by atoms with Gasteiger partial charge in [-0.3, -0.25) is 4.90 Å². The molecule has 108 valence electrons. The fraction of sp³-hybridized carbons (Fsp3) is 0.571. The van der Waals surface area contributed by atoms with Gasteiger partial charge in [-0.25, -0.2) is 0 Å². The van der Waals surface area contributed by atoms with Gasteiger partial charge in [0, 0.05) is 42.1 Å². The van der Waals surface area contributed by atoms with Crippen LogP contribution in [0, 0.1) is 0 Å². The molecule has 0 bridgehead atoms. The normalized spacial score (nSPS) is 14.9. The second-order valence-electron chi connectivity index (χ2n) is 5.19. The Balaban J connectivity index is 1.65. The first-order valence-electron chi connectivity index (χ1n) is 7.18. The summed E-state index contributed by atoms with van der Waals surface area (Å²) in [6, 6.07) is 5.08. The maximum atomic E-state index is 4.32. The van der Waals surface area contributed by atoms with Crippen LogP contribution < -0.4 is 5.32 Å². The van der Waals surface area contributed by atoms with E-state index in [4.69, 9.17) is 0 Å². The Morgan fingerprint density at radius 1 is 1.40 bits per heavy atom. The van der Waals surface area contributed by atoms with E-state index in [1.54, 1.807) is 0 Å². The molecular weight excluding hydrogens is 288 g/mol. The summed E-state index contributed by atoms with van der Waals surface area (Å²) in [6.45, 7) is 5.11. The zero-order valence-electron chi connectivity index (χ0n) is 11.7. The van der Waals surface area contributed by atoms with E-state index in [0.29, 0.717) is 0 Å². The summed E-state index contributed by atoms with van der Waals surface area (Å²) >= 11 is 3.31. The number of nitrogens with zero attached hydrogens (tertiary/aromatic N) is 3. The summed E-state index contributed by atoms with van der Waals surface area (Å²) < 4.78 is 4.11. The SMILES string of the molecule is CCCNc1snnc1CN(Cc1cccs1)C1CC1. The molecule has 3 rings (SSSR count). The molecule has 4 nitrogen and oxygen atoms in total. The molecule has 6 heteroatoms. The van der Waals surface area contributed by atoms with E-state index >= 15 is 0 Å². The van der Waals surface area contributed by atoms with Gasteiger partial charge in [0.25, 0.3) is 0 Å². The summed E-state index contributed by atoms with van der Waals surface area (Å²) in [4.78, 5) is 3.97. The highest BCUT2D eigenvalue weighted by Crippen LogP contribution is 2.32. The largest absolute Gasteiger partial charge is 0.374 e. The third-order valence-corrected chi connectivity index (χ3v) is 5.03. The molecule has 0 radical (unpaired) electrons. The average molecular weight is 308 g/mol. The van der Waals surface area contributed by atoms with Crippen LogP contribution in [0.4, 0.5) is 5.00 Å². The van der Waals surface area contributed by atoms with Gasteiger partial charge >= 0.3 is 0 Å². The summed E-state index contributed by atoms with van der Waals surface area (Å²) in [6.07, 6.45) is 3.76. The van der Waals surface area contributed by atoms with E-state index in [1.807, 2.05) is 11.3 Å². The molecule has 1 fully saturated rings. The van der Waals surface area contributed by atoms with Crippen molar-refractivity contribution in [3.63, 3.8) is 0 Å². The molecule has 0 atom stereocenters. The molecule has 1 N–H and O–H groups in total. The third kappa shape index (κ3) is 3.56. The van der Waals surface area contributed by atoms with E-state index in [1.165, 1.54) is 29.3 Å². The maximum Gasteiger partial charge on any atom is 0.134 e. The number of anilines is 1. The fourth-order valence-electron chi connectivity index (χ4n) is 2.23. The van der Waals surface area contributed by atoms with Gasteiger partial charge in [0.1, 0.15) is 10.7 Å². The molecule has 2 heterocycles. The van der Waals surface area contributed by atoms with Crippen LogP contribution in [0.25, 0.3) is 0 Å². The van der Waals surface area contributed by atoms with Gasteiger partial charge in [-0.1, -0.05) is 17.5 Å². The minimum absolute atomic E-state index is 0.734. The van der Waals surface area contributed by atoms with Gasteiger partial charge < -0.3 is 5.32 Å². The topological polar surface area (TPSA) is 41.1 Å². The van der Waals surface area contributed by atoms with Crippen LogP contribution in [0.3, 0.4) is 0 Å². The molecule has 1 aliphatic carbocycles. The molecule has 1 aliphatic rings. The van der Waals surface area contributed by atoms with E-state index in [2.05, 4.69) is 44.2 Å². The van der Waals surface area contributed by atoms with Crippen molar-refractivity contribution in [2.45, 2.75) is 45.3 Å². The lowest BCUT2D eigenvalue weighted by Crippen LogP contribution is -2.25. The van der Waals surface area contributed by atoms with Crippen LogP contribution >= 0.6 is 22.9 Å². The second kappa shape index (κ2) is 6.65. The first-order valence-corrected chi connectivity index (χ1v) is 8.83. The summed E-state index contributed by atoms with van der Waals surface area (Å²) in [5.74, 6) is 0. The summed E-state index contributed by atoms with van der Waals surface area (Å²) in [7, 11) is 0. The Hall–Kier alpha value is -0.980. The minimum Gasteiger partial charge on any atom is -0.374 e. The summed E-state index contributed by atoms with van der Waals surface area (Å²) in [5, 5.41) is 11.0. The average Bonchev–Trinajstić information content (AvgIpc) is 3.00. The number of nitrogens with one attached hydrogen (secondary N) is 1. The van der Waals surface area contributed by atoms with Crippen LogP contribution in [-0.2, 0) is 13.1 Å². The zero-order valence-corrected chi connectivity index (χ0v) is 13.3. The van der Waals surface area contributed by atoms with E-state index in [9.17, 15) is 0 Å². The number of hydrogen-bond acceptors (Lipinski definition) is 6. The van der Waals surface area contributed by atoms with Crippen molar-refractivity contribution in [3.8, 4) is 0 Å². The number of hydrogen-bond donors (Lipinski definition) is 1.